The van der Waals surface area contributed by atoms with E-state index >= 15 is 0 Å². The van der Waals surface area contributed by atoms with Crippen LogP contribution in [0.15, 0.2) is 18.2 Å². The quantitative estimate of drug-likeness (QED) is 0.822. The third-order valence-electron chi connectivity index (χ3n) is 2.23. The zero-order chi connectivity index (χ0) is 14.6. The summed E-state index contributed by atoms with van der Waals surface area (Å²) in [5.74, 6) is 0.167. The summed E-state index contributed by atoms with van der Waals surface area (Å²) in [6.45, 7) is 7.39. The number of nitrogens with one attached hydrogen (secondary N) is 1. The first-order valence-corrected chi connectivity index (χ1v) is 7.05. The molecule has 1 atom stereocenters. The summed E-state index contributed by atoms with van der Waals surface area (Å²) < 4.78 is 5.14. The molecule has 0 heterocycles. The number of carbonyl (C=O) groups excluding carboxylic acids is 1. The molecule has 0 saturated heterocycles. The van der Waals surface area contributed by atoms with Crippen molar-refractivity contribution >= 4 is 27.7 Å². The van der Waals surface area contributed by atoms with Gasteiger partial charge in [0.2, 0.25) is 0 Å². The lowest BCUT2D eigenvalue weighted by Gasteiger charge is -2.19. The van der Waals surface area contributed by atoms with Gasteiger partial charge in [0.05, 0.1) is 0 Å². The first-order valence-electron chi connectivity index (χ1n) is 6.13. The monoisotopic (exact) mass is 329 g/mol. The molecule has 0 aromatic heterocycles. The van der Waals surface area contributed by atoms with Gasteiger partial charge in [0, 0.05) is 16.6 Å². The predicted molar refractivity (Wildman–Crippen MR) is 80.1 cm³/mol. The topological polar surface area (TPSA) is 58.6 Å². The molecule has 0 saturated carbocycles. The zero-order valence-electron chi connectivity index (χ0n) is 11.7. The van der Waals surface area contributed by atoms with Crippen LogP contribution in [0.3, 0.4) is 0 Å². The second kappa shape index (κ2) is 6.28. The Bertz CT molecular complexity index is 452. The lowest BCUT2D eigenvalue weighted by molar-refractivity contribution is 0.0636. The summed E-state index contributed by atoms with van der Waals surface area (Å²) in [5.41, 5.74) is 0.800. The van der Waals surface area contributed by atoms with Crippen LogP contribution in [0.1, 0.15) is 33.3 Å². The van der Waals surface area contributed by atoms with E-state index in [-0.39, 0.29) is 10.6 Å². The van der Waals surface area contributed by atoms with E-state index in [4.69, 9.17) is 4.74 Å². The second-order valence-corrected chi connectivity index (χ2v) is 7.02. The Labute approximate surface area is 122 Å². The van der Waals surface area contributed by atoms with Crippen LogP contribution in [0.5, 0.6) is 5.75 Å². The maximum Gasteiger partial charge on any atom is 0.412 e. The summed E-state index contributed by atoms with van der Waals surface area (Å²) >= 11 is 3.44. The normalized spacial score (nSPS) is 12.9. The van der Waals surface area contributed by atoms with Gasteiger partial charge in [0.15, 0.2) is 0 Å². The molecular formula is C14H20BrNO3. The summed E-state index contributed by atoms with van der Waals surface area (Å²) in [7, 11) is 0. The van der Waals surface area contributed by atoms with Crippen molar-refractivity contribution in [1.29, 1.82) is 0 Å². The van der Waals surface area contributed by atoms with Gasteiger partial charge in [0.1, 0.15) is 11.4 Å². The molecule has 1 unspecified atom stereocenters. The third kappa shape index (κ3) is 5.96. The summed E-state index contributed by atoms with van der Waals surface area (Å²) in [4.78, 5) is 11.9. The van der Waals surface area contributed by atoms with Gasteiger partial charge in [0.25, 0.3) is 0 Å². The molecule has 0 aliphatic rings. The van der Waals surface area contributed by atoms with Crippen LogP contribution >= 0.6 is 15.9 Å². The Morgan fingerprint density at radius 3 is 2.58 bits per heavy atom. The number of anilines is 1. The number of benzene rings is 1. The van der Waals surface area contributed by atoms with Crippen molar-refractivity contribution in [3.63, 3.8) is 0 Å². The van der Waals surface area contributed by atoms with Crippen LogP contribution in [0.4, 0.5) is 10.5 Å². The summed E-state index contributed by atoms with van der Waals surface area (Å²) in [5, 5.41) is 12.5. The highest BCUT2D eigenvalue weighted by Gasteiger charge is 2.16. The fourth-order valence-corrected chi connectivity index (χ4v) is 1.89. The van der Waals surface area contributed by atoms with Crippen LogP contribution in [0.25, 0.3) is 0 Å². The molecule has 19 heavy (non-hydrogen) atoms. The van der Waals surface area contributed by atoms with Crippen molar-refractivity contribution in [1.82, 2.24) is 0 Å². The molecule has 0 fully saturated rings. The minimum Gasteiger partial charge on any atom is -0.508 e. The number of amides is 1. The van der Waals surface area contributed by atoms with Crippen molar-refractivity contribution < 1.29 is 14.6 Å². The Morgan fingerprint density at radius 2 is 2.11 bits per heavy atom. The van der Waals surface area contributed by atoms with Crippen molar-refractivity contribution in [3.05, 3.63) is 23.8 Å². The molecule has 0 aliphatic heterocycles. The van der Waals surface area contributed by atoms with Gasteiger partial charge in [-0.3, -0.25) is 5.32 Å². The Balaban J connectivity index is 2.71. The van der Waals surface area contributed by atoms with Crippen LogP contribution in [-0.4, -0.2) is 21.6 Å². The van der Waals surface area contributed by atoms with Gasteiger partial charge in [-0.2, -0.15) is 0 Å². The minimum absolute atomic E-state index is 0.167. The number of rotatable bonds is 3. The fourth-order valence-electron chi connectivity index (χ4n) is 1.54. The van der Waals surface area contributed by atoms with Crippen molar-refractivity contribution in [2.45, 2.75) is 44.5 Å². The number of phenols is 1. The van der Waals surface area contributed by atoms with E-state index in [0.29, 0.717) is 5.69 Å². The average molecular weight is 330 g/mol. The van der Waals surface area contributed by atoms with Crippen molar-refractivity contribution in [2.24, 2.45) is 0 Å². The molecule has 1 aromatic carbocycles. The first kappa shape index (κ1) is 15.8. The molecule has 1 aromatic rings. The van der Waals surface area contributed by atoms with Gasteiger partial charge in [-0.25, -0.2) is 4.79 Å². The fraction of sp³-hybridized carbons (Fsp3) is 0.500. The minimum atomic E-state index is -0.544. The first-order chi connectivity index (χ1) is 8.67. The van der Waals surface area contributed by atoms with E-state index in [1.54, 1.807) is 32.9 Å². The van der Waals surface area contributed by atoms with Gasteiger partial charge in [-0.1, -0.05) is 28.9 Å². The highest BCUT2D eigenvalue weighted by molar-refractivity contribution is 9.09. The number of carbonyl (C=O) groups is 1. The Kier molecular flexibility index (Phi) is 5.23. The molecule has 0 radical (unpaired) electrons. The molecule has 1 amide bonds. The number of halogens is 1. The number of hydrogen-bond donors (Lipinski definition) is 2. The highest BCUT2D eigenvalue weighted by atomic mass is 79.9. The maximum atomic E-state index is 11.6. The van der Waals surface area contributed by atoms with Gasteiger partial charge < -0.3 is 9.84 Å². The van der Waals surface area contributed by atoms with Crippen LogP contribution in [-0.2, 0) is 11.2 Å². The molecule has 4 nitrogen and oxygen atoms in total. The highest BCUT2D eigenvalue weighted by Crippen LogP contribution is 2.25. The number of phenolic OH excluding ortho intramolecular Hbond substituents is 1. The Hall–Kier alpha value is -1.23. The van der Waals surface area contributed by atoms with E-state index in [1.807, 2.05) is 6.92 Å². The zero-order valence-corrected chi connectivity index (χ0v) is 13.2. The largest absolute Gasteiger partial charge is 0.508 e. The average Bonchev–Trinajstić information content (AvgIpc) is 2.18. The van der Waals surface area contributed by atoms with E-state index in [1.165, 1.54) is 6.07 Å². The lowest BCUT2D eigenvalue weighted by atomic mass is 10.1. The molecule has 2 N–H and O–H groups in total. The molecule has 5 heteroatoms. The maximum absolute atomic E-state index is 11.6. The van der Waals surface area contributed by atoms with Gasteiger partial charge in [-0.15, -0.1) is 0 Å². The van der Waals surface area contributed by atoms with Crippen LogP contribution < -0.4 is 5.32 Å². The van der Waals surface area contributed by atoms with Gasteiger partial charge >= 0.3 is 6.09 Å². The van der Waals surface area contributed by atoms with E-state index < -0.39 is 11.7 Å². The van der Waals surface area contributed by atoms with E-state index in [9.17, 15) is 9.90 Å². The summed E-state index contributed by atoms with van der Waals surface area (Å²) in [6.07, 6.45) is 0.187. The number of aromatic hydroxyl groups is 1. The lowest BCUT2D eigenvalue weighted by Crippen LogP contribution is -2.27. The second-order valence-electron chi connectivity index (χ2n) is 5.46. The Morgan fingerprint density at radius 1 is 1.47 bits per heavy atom. The van der Waals surface area contributed by atoms with Gasteiger partial charge in [-0.05, 0) is 38.8 Å². The van der Waals surface area contributed by atoms with Crippen molar-refractivity contribution in [2.75, 3.05) is 5.32 Å². The third-order valence-corrected chi connectivity index (χ3v) is 2.56. The van der Waals surface area contributed by atoms with Crippen LogP contribution in [0, 0.1) is 0 Å². The number of hydrogen-bond acceptors (Lipinski definition) is 3. The summed E-state index contributed by atoms with van der Waals surface area (Å²) in [6, 6.07) is 5.06. The molecule has 0 aliphatic carbocycles. The van der Waals surface area contributed by atoms with E-state index in [2.05, 4.69) is 21.2 Å². The number of alkyl halides is 1. The molecule has 0 bridgehead atoms. The number of ether oxygens (including phenoxy) is 1. The van der Waals surface area contributed by atoms with E-state index in [0.717, 1.165) is 12.0 Å². The predicted octanol–water partition coefficient (Wildman–Crippen LogP) is 4.07. The van der Waals surface area contributed by atoms with Crippen LogP contribution in [0.2, 0.25) is 0 Å². The molecule has 1 rings (SSSR count). The smallest absolute Gasteiger partial charge is 0.412 e. The SMILES string of the molecule is CC(Br)Cc1ccc(NC(=O)OC(C)(C)C)cc1O. The van der Waals surface area contributed by atoms with Crippen molar-refractivity contribution in [3.8, 4) is 5.75 Å². The molecule has 0 spiro atoms. The molecule has 106 valence electrons. The standard InChI is InChI=1S/C14H20BrNO3/c1-9(15)7-10-5-6-11(8-12(10)17)16-13(18)19-14(2,3)4/h5-6,8-9,17H,7H2,1-4H3,(H,16,18). The molecular weight excluding hydrogens is 310 g/mol.